The number of rotatable bonds is 7. The van der Waals surface area contributed by atoms with E-state index < -0.39 is 5.60 Å². The molecule has 0 saturated heterocycles. The van der Waals surface area contributed by atoms with Crippen LogP contribution in [0.3, 0.4) is 0 Å². The number of carbonyl (C=O) groups is 1. The lowest BCUT2D eigenvalue weighted by atomic mass is 10.2. The van der Waals surface area contributed by atoms with Crippen LogP contribution in [-0.2, 0) is 11.3 Å². The summed E-state index contributed by atoms with van der Waals surface area (Å²) in [7, 11) is 0. The Morgan fingerprint density at radius 3 is 2.66 bits per heavy atom. The lowest BCUT2D eigenvalue weighted by Crippen LogP contribution is -2.41. The first-order chi connectivity index (χ1) is 16.5. The number of aromatic nitrogens is 4. The van der Waals surface area contributed by atoms with Crippen molar-refractivity contribution >= 4 is 34.8 Å². The van der Waals surface area contributed by atoms with Crippen molar-refractivity contribution in [1.29, 1.82) is 0 Å². The fraction of sp³-hybridized carbons (Fsp3) is 0.500. The zero-order valence-corrected chi connectivity index (χ0v) is 21.8. The zero-order chi connectivity index (χ0) is 25.3. The van der Waals surface area contributed by atoms with E-state index in [1.807, 2.05) is 58.2 Å². The van der Waals surface area contributed by atoms with E-state index >= 15 is 0 Å². The van der Waals surface area contributed by atoms with Crippen LogP contribution in [0.15, 0.2) is 28.5 Å². The van der Waals surface area contributed by atoms with Gasteiger partial charge < -0.3 is 29.4 Å². The first-order valence-corrected chi connectivity index (χ1v) is 12.4. The van der Waals surface area contributed by atoms with E-state index in [0.29, 0.717) is 42.2 Å². The molecule has 2 aromatic heterocycles. The maximum atomic E-state index is 12.7. The van der Waals surface area contributed by atoms with Crippen molar-refractivity contribution in [2.45, 2.75) is 76.2 Å². The van der Waals surface area contributed by atoms with Gasteiger partial charge in [-0.25, -0.2) is 19.7 Å². The second-order valence-electron chi connectivity index (χ2n) is 9.67. The molecule has 35 heavy (non-hydrogen) atoms. The van der Waals surface area contributed by atoms with E-state index in [9.17, 15) is 4.79 Å². The van der Waals surface area contributed by atoms with Crippen LogP contribution in [0.4, 0.5) is 10.6 Å². The summed E-state index contributed by atoms with van der Waals surface area (Å²) in [6, 6.07) is 3.93. The molecule has 0 unspecified atom stereocenters. The van der Waals surface area contributed by atoms with Gasteiger partial charge >= 0.3 is 6.09 Å². The molecule has 3 heterocycles. The molecular weight excluding hydrogens is 468 g/mol. The molecule has 0 saturated carbocycles. The van der Waals surface area contributed by atoms with Crippen LogP contribution in [0.5, 0.6) is 11.5 Å². The van der Waals surface area contributed by atoms with Crippen molar-refractivity contribution in [3.05, 3.63) is 24.0 Å². The monoisotopic (exact) mass is 500 g/mol. The lowest BCUT2D eigenvalue weighted by Gasteiger charge is -2.30. The Kier molecular flexibility index (Phi) is 6.98. The molecular formula is C24H32N6O4S. The highest BCUT2D eigenvalue weighted by atomic mass is 32.2. The highest BCUT2D eigenvalue weighted by molar-refractivity contribution is 7.99. The Bertz CT molecular complexity index is 1240. The van der Waals surface area contributed by atoms with Gasteiger partial charge in [0.05, 0.1) is 0 Å². The van der Waals surface area contributed by atoms with Crippen molar-refractivity contribution < 1.29 is 19.0 Å². The first-order valence-electron chi connectivity index (χ1n) is 11.6. The molecule has 0 fully saturated rings. The van der Waals surface area contributed by atoms with Crippen LogP contribution in [0.25, 0.3) is 11.2 Å². The Morgan fingerprint density at radius 2 is 1.97 bits per heavy atom. The van der Waals surface area contributed by atoms with Gasteiger partial charge in [-0.2, -0.15) is 0 Å². The number of aryl methyl sites for hydroxylation is 2. The zero-order valence-electron chi connectivity index (χ0n) is 21.0. The summed E-state index contributed by atoms with van der Waals surface area (Å²) >= 11 is 1.51. The Labute approximate surface area is 209 Å². The summed E-state index contributed by atoms with van der Waals surface area (Å²) in [6.45, 7) is 12.9. The van der Waals surface area contributed by atoms with Crippen molar-refractivity contribution in [2.24, 2.45) is 0 Å². The fourth-order valence-electron chi connectivity index (χ4n) is 3.73. The third kappa shape index (κ3) is 5.55. The molecule has 4 rings (SSSR count). The molecule has 0 bridgehead atoms. The number of nitrogen functional groups attached to an aromatic ring is 1. The summed E-state index contributed by atoms with van der Waals surface area (Å²) in [5.41, 5.74) is 7.82. The van der Waals surface area contributed by atoms with Crippen LogP contribution in [0.1, 0.15) is 46.6 Å². The number of nitrogens with two attached hydrogens (primary N) is 1. The Hall–Kier alpha value is -3.21. The highest BCUT2D eigenvalue weighted by Crippen LogP contribution is 2.41. The van der Waals surface area contributed by atoms with Crippen LogP contribution in [-0.4, -0.2) is 55.5 Å². The second kappa shape index (κ2) is 9.80. The third-order valence-corrected chi connectivity index (χ3v) is 6.58. The minimum absolute atomic E-state index is 0.00692. The second-order valence-corrected chi connectivity index (χ2v) is 10.7. The number of ether oxygens (including phenoxy) is 3. The lowest BCUT2D eigenvalue weighted by molar-refractivity contribution is 0.0186. The predicted molar refractivity (Wildman–Crippen MR) is 134 cm³/mol. The molecule has 1 aromatic carbocycles. The summed E-state index contributed by atoms with van der Waals surface area (Å²) in [5.74, 6) is 1.78. The van der Waals surface area contributed by atoms with Crippen molar-refractivity contribution in [3.8, 4) is 11.5 Å². The Balaban J connectivity index is 1.58. The average molecular weight is 501 g/mol. The first kappa shape index (κ1) is 24.9. The molecule has 1 amide bonds. The van der Waals surface area contributed by atoms with E-state index in [1.54, 1.807) is 4.90 Å². The van der Waals surface area contributed by atoms with Gasteiger partial charge in [-0.3, -0.25) is 0 Å². The van der Waals surface area contributed by atoms with Crippen molar-refractivity contribution in [3.63, 3.8) is 0 Å². The summed E-state index contributed by atoms with van der Waals surface area (Å²) in [6.07, 6.45) is 1.80. The molecule has 0 aliphatic carbocycles. The molecule has 11 heteroatoms. The van der Waals surface area contributed by atoms with Crippen molar-refractivity contribution in [2.75, 3.05) is 19.1 Å². The quantitative estimate of drug-likeness (QED) is 0.495. The maximum Gasteiger partial charge on any atom is 0.410 e. The summed E-state index contributed by atoms with van der Waals surface area (Å²) in [5, 5.41) is 0.738. The van der Waals surface area contributed by atoms with E-state index in [0.717, 1.165) is 21.4 Å². The molecule has 1 aliphatic heterocycles. The smallest absolute Gasteiger partial charge is 0.410 e. The number of anilines is 1. The summed E-state index contributed by atoms with van der Waals surface area (Å²) in [4.78, 5) is 28.7. The number of benzene rings is 1. The molecule has 2 N–H and O–H groups in total. The highest BCUT2D eigenvalue weighted by Gasteiger charge is 2.25. The van der Waals surface area contributed by atoms with Crippen LogP contribution in [0, 0.1) is 6.92 Å². The number of imidazole rings is 1. The van der Waals surface area contributed by atoms with Crippen LogP contribution < -0.4 is 15.2 Å². The van der Waals surface area contributed by atoms with E-state index in [1.165, 1.54) is 18.1 Å². The minimum atomic E-state index is -0.550. The van der Waals surface area contributed by atoms with Gasteiger partial charge in [0.25, 0.3) is 0 Å². The van der Waals surface area contributed by atoms with Gasteiger partial charge in [0.2, 0.25) is 6.79 Å². The van der Waals surface area contributed by atoms with Crippen molar-refractivity contribution in [1.82, 2.24) is 24.4 Å². The van der Waals surface area contributed by atoms with E-state index in [4.69, 9.17) is 24.9 Å². The van der Waals surface area contributed by atoms with Crippen LogP contribution in [0.2, 0.25) is 0 Å². The molecule has 0 spiro atoms. The van der Waals surface area contributed by atoms with Crippen LogP contribution >= 0.6 is 11.8 Å². The summed E-state index contributed by atoms with van der Waals surface area (Å²) < 4.78 is 18.7. The number of fused-ring (bicyclic) bond motifs is 2. The Morgan fingerprint density at radius 1 is 1.26 bits per heavy atom. The van der Waals surface area contributed by atoms with Gasteiger partial charge in [0.1, 0.15) is 11.9 Å². The number of hydrogen-bond acceptors (Lipinski definition) is 9. The predicted octanol–water partition coefficient (Wildman–Crippen LogP) is 4.63. The van der Waals surface area contributed by atoms with Gasteiger partial charge in [-0.05, 0) is 65.7 Å². The standard InChI is InChI=1S/C24H32N6O4S/c1-14(2)29(23(31)34-24(4,5)6)8-7-9-30-21-19(20(25)26-12-27-21)28-22(30)35-18-11-17-16(10-15(18)3)32-13-33-17/h10-12,14H,7-9,13H2,1-6H3,(H2,25,26,27). The van der Waals surface area contributed by atoms with Gasteiger partial charge in [-0.15, -0.1) is 0 Å². The van der Waals surface area contributed by atoms with Gasteiger partial charge in [0, 0.05) is 24.0 Å². The molecule has 188 valence electrons. The molecule has 0 atom stereocenters. The van der Waals surface area contributed by atoms with Gasteiger partial charge in [-0.1, -0.05) is 11.8 Å². The van der Waals surface area contributed by atoms with E-state index in [2.05, 4.69) is 9.97 Å². The normalized spacial score (nSPS) is 13.0. The molecule has 0 radical (unpaired) electrons. The number of hydrogen-bond donors (Lipinski definition) is 1. The third-order valence-electron chi connectivity index (χ3n) is 5.43. The fourth-order valence-corrected chi connectivity index (χ4v) is 4.73. The topological polar surface area (TPSA) is 118 Å². The molecule has 10 nitrogen and oxygen atoms in total. The number of carbonyl (C=O) groups excluding carboxylic acids is 1. The molecule has 1 aliphatic rings. The minimum Gasteiger partial charge on any atom is -0.454 e. The largest absolute Gasteiger partial charge is 0.454 e. The number of nitrogens with zero attached hydrogens (tertiary/aromatic N) is 5. The van der Waals surface area contributed by atoms with Gasteiger partial charge in [0.15, 0.2) is 33.6 Å². The molecule has 3 aromatic rings. The number of amides is 1. The maximum absolute atomic E-state index is 12.7. The van der Waals surface area contributed by atoms with E-state index in [-0.39, 0.29) is 18.9 Å². The SMILES string of the molecule is Cc1cc2c(cc1Sc1nc3c(N)ncnc3n1CCCN(C(=O)OC(C)(C)C)C(C)C)OCO2. The average Bonchev–Trinajstić information content (AvgIpc) is 3.34.